The number of hydrogen-bond acceptors (Lipinski definition) is 3. The Morgan fingerprint density at radius 1 is 1.32 bits per heavy atom. The topological polar surface area (TPSA) is 95.5 Å². The van der Waals surface area contributed by atoms with E-state index in [1.54, 1.807) is 6.07 Å². The molecule has 0 aliphatic rings. The van der Waals surface area contributed by atoms with E-state index in [-0.39, 0.29) is 29.5 Å². The van der Waals surface area contributed by atoms with Crippen LogP contribution >= 0.6 is 11.6 Å². The van der Waals surface area contributed by atoms with Crippen molar-refractivity contribution < 1.29 is 19.5 Å². The maximum absolute atomic E-state index is 11.8. The SMILES string of the molecule is CC(=O)Nc1ccc(Cl)c(C(=O)NCCC(=O)O)c1. The molecule has 0 radical (unpaired) electrons. The Balaban J connectivity index is 2.77. The highest BCUT2D eigenvalue weighted by Crippen LogP contribution is 2.20. The first-order chi connectivity index (χ1) is 8.90. The predicted octanol–water partition coefficient (Wildman–Crippen LogP) is 1.50. The van der Waals surface area contributed by atoms with Crippen LogP contribution in [0.4, 0.5) is 5.69 Å². The summed E-state index contributed by atoms with van der Waals surface area (Å²) in [5.41, 5.74) is 0.624. The average molecular weight is 285 g/mol. The van der Waals surface area contributed by atoms with Crippen molar-refractivity contribution in [3.05, 3.63) is 28.8 Å². The van der Waals surface area contributed by atoms with Crippen LogP contribution in [0.25, 0.3) is 0 Å². The van der Waals surface area contributed by atoms with Crippen LogP contribution in [0, 0.1) is 0 Å². The molecule has 0 bridgehead atoms. The highest BCUT2D eigenvalue weighted by atomic mass is 35.5. The van der Waals surface area contributed by atoms with Crippen molar-refractivity contribution in [2.75, 3.05) is 11.9 Å². The fourth-order valence-corrected chi connectivity index (χ4v) is 1.56. The fourth-order valence-electron chi connectivity index (χ4n) is 1.36. The normalized spacial score (nSPS) is 9.79. The van der Waals surface area contributed by atoms with Crippen molar-refractivity contribution in [3.8, 4) is 0 Å². The van der Waals surface area contributed by atoms with E-state index in [0.717, 1.165) is 0 Å². The van der Waals surface area contributed by atoms with Crippen molar-refractivity contribution in [1.29, 1.82) is 0 Å². The fraction of sp³-hybridized carbons (Fsp3) is 0.250. The van der Waals surface area contributed by atoms with Crippen molar-refractivity contribution >= 4 is 35.1 Å². The van der Waals surface area contributed by atoms with Crippen LogP contribution in [-0.4, -0.2) is 29.4 Å². The molecule has 0 aliphatic heterocycles. The van der Waals surface area contributed by atoms with E-state index in [0.29, 0.717) is 5.69 Å². The van der Waals surface area contributed by atoms with E-state index >= 15 is 0 Å². The summed E-state index contributed by atoms with van der Waals surface area (Å²) in [6.07, 6.45) is -0.172. The number of nitrogens with one attached hydrogen (secondary N) is 2. The molecule has 0 saturated heterocycles. The van der Waals surface area contributed by atoms with E-state index in [9.17, 15) is 14.4 Å². The second-order valence-corrected chi connectivity index (χ2v) is 4.18. The van der Waals surface area contributed by atoms with Gasteiger partial charge in [-0.2, -0.15) is 0 Å². The number of rotatable bonds is 5. The highest BCUT2D eigenvalue weighted by Gasteiger charge is 2.11. The largest absolute Gasteiger partial charge is 0.481 e. The highest BCUT2D eigenvalue weighted by molar-refractivity contribution is 6.34. The third-order valence-corrected chi connectivity index (χ3v) is 2.49. The molecule has 0 aromatic heterocycles. The van der Waals surface area contributed by atoms with Gasteiger partial charge in [-0.15, -0.1) is 0 Å². The van der Waals surface area contributed by atoms with Gasteiger partial charge in [-0.3, -0.25) is 14.4 Å². The van der Waals surface area contributed by atoms with Crippen LogP contribution in [0.2, 0.25) is 5.02 Å². The molecule has 6 nitrogen and oxygen atoms in total. The first-order valence-electron chi connectivity index (χ1n) is 5.47. The van der Waals surface area contributed by atoms with Crippen LogP contribution in [0.1, 0.15) is 23.7 Å². The average Bonchev–Trinajstić information content (AvgIpc) is 2.30. The number of carboxylic acid groups (broad SMARTS) is 1. The summed E-state index contributed by atoms with van der Waals surface area (Å²) < 4.78 is 0. The molecule has 0 saturated carbocycles. The lowest BCUT2D eigenvalue weighted by Crippen LogP contribution is -2.26. The second-order valence-electron chi connectivity index (χ2n) is 3.78. The van der Waals surface area contributed by atoms with Gasteiger partial charge in [0.1, 0.15) is 0 Å². The maximum Gasteiger partial charge on any atom is 0.305 e. The zero-order valence-electron chi connectivity index (χ0n) is 10.2. The van der Waals surface area contributed by atoms with Crippen LogP contribution in [0.15, 0.2) is 18.2 Å². The molecule has 7 heteroatoms. The quantitative estimate of drug-likeness (QED) is 0.763. The summed E-state index contributed by atoms with van der Waals surface area (Å²) in [5.74, 6) is -1.75. The van der Waals surface area contributed by atoms with Crippen molar-refractivity contribution in [2.45, 2.75) is 13.3 Å². The molecule has 19 heavy (non-hydrogen) atoms. The van der Waals surface area contributed by atoms with Crippen molar-refractivity contribution in [3.63, 3.8) is 0 Å². The molecular weight excluding hydrogens is 272 g/mol. The first kappa shape index (κ1) is 15.0. The Morgan fingerprint density at radius 2 is 2.00 bits per heavy atom. The van der Waals surface area contributed by atoms with E-state index in [4.69, 9.17) is 16.7 Å². The Bertz CT molecular complexity index is 516. The third-order valence-electron chi connectivity index (χ3n) is 2.16. The lowest BCUT2D eigenvalue weighted by Gasteiger charge is -2.08. The monoisotopic (exact) mass is 284 g/mol. The minimum atomic E-state index is -1.00. The van der Waals surface area contributed by atoms with Gasteiger partial charge >= 0.3 is 5.97 Å². The summed E-state index contributed by atoms with van der Waals surface area (Å²) in [6.45, 7) is 1.36. The van der Waals surface area contributed by atoms with E-state index < -0.39 is 11.9 Å². The molecule has 1 aromatic carbocycles. The Hall–Kier alpha value is -2.08. The molecule has 102 valence electrons. The minimum Gasteiger partial charge on any atom is -0.481 e. The van der Waals surface area contributed by atoms with Gasteiger partial charge in [0, 0.05) is 19.2 Å². The summed E-state index contributed by atoms with van der Waals surface area (Å²) >= 11 is 5.88. The number of amides is 2. The summed E-state index contributed by atoms with van der Waals surface area (Å²) in [6, 6.07) is 4.48. The Morgan fingerprint density at radius 3 is 2.58 bits per heavy atom. The summed E-state index contributed by atoms with van der Waals surface area (Å²) in [4.78, 5) is 33.0. The number of carboxylic acids is 1. The van der Waals surface area contributed by atoms with Crippen molar-refractivity contribution in [1.82, 2.24) is 5.32 Å². The molecule has 0 heterocycles. The molecule has 0 fully saturated rings. The number of anilines is 1. The zero-order valence-corrected chi connectivity index (χ0v) is 11.0. The molecule has 3 N–H and O–H groups in total. The van der Waals surface area contributed by atoms with Gasteiger partial charge in [0.25, 0.3) is 5.91 Å². The molecule has 0 aliphatic carbocycles. The molecule has 1 rings (SSSR count). The van der Waals surface area contributed by atoms with E-state index in [2.05, 4.69) is 10.6 Å². The van der Waals surface area contributed by atoms with E-state index in [1.165, 1.54) is 19.1 Å². The van der Waals surface area contributed by atoms with Crippen LogP contribution in [0.5, 0.6) is 0 Å². The molecular formula is C12H13ClN2O4. The number of aliphatic carboxylic acids is 1. The van der Waals surface area contributed by atoms with Gasteiger partial charge in [0.05, 0.1) is 17.0 Å². The van der Waals surface area contributed by atoms with Gasteiger partial charge in [-0.05, 0) is 18.2 Å². The van der Waals surface area contributed by atoms with E-state index in [1.807, 2.05) is 0 Å². The molecule has 0 unspecified atom stereocenters. The predicted molar refractivity (Wildman–Crippen MR) is 70.3 cm³/mol. The Kier molecular flexibility index (Phi) is 5.32. The third kappa shape index (κ3) is 4.97. The van der Waals surface area contributed by atoms with Crippen LogP contribution in [0.3, 0.4) is 0 Å². The number of hydrogen-bond donors (Lipinski definition) is 3. The van der Waals surface area contributed by atoms with Crippen LogP contribution in [-0.2, 0) is 9.59 Å². The standard InChI is InChI=1S/C12H13ClN2O4/c1-7(16)15-8-2-3-10(13)9(6-8)12(19)14-5-4-11(17)18/h2-3,6H,4-5H2,1H3,(H,14,19)(H,15,16)(H,17,18). The number of benzene rings is 1. The Labute approximate surface area is 114 Å². The molecule has 2 amide bonds. The maximum atomic E-state index is 11.8. The molecule has 0 atom stereocenters. The zero-order chi connectivity index (χ0) is 14.4. The smallest absolute Gasteiger partial charge is 0.305 e. The first-order valence-corrected chi connectivity index (χ1v) is 5.85. The van der Waals surface area contributed by atoms with Gasteiger partial charge in [-0.25, -0.2) is 0 Å². The van der Waals surface area contributed by atoms with Gasteiger partial charge in [-0.1, -0.05) is 11.6 Å². The number of halogens is 1. The summed E-state index contributed by atoms with van der Waals surface area (Å²) in [7, 11) is 0. The van der Waals surface area contributed by atoms with Gasteiger partial charge in [0.2, 0.25) is 5.91 Å². The van der Waals surface area contributed by atoms with Gasteiger partial charge in [0.15, 0.2) is 0 Å². The lowest BCUT2D eigenvalue weighted by atomic mass is 10.2. The second kappa shape index (κ2) is 6.75. The molecule has 0 spiro atoms. The number of carbonyl (C=O) groups excluding carboxylic acids is 2. The minimum absolute atomic E-state index is 0.00879. The summed E-state index contributed by atoms with van der Waals surface area (Å²) in [5, 5.41) is 13.7. The van der Waals surface area contributed by atoms with Crippen molar-refractivity contribution in [2.24, 2.45) is 0 Å². The lowest BCUT2D eigenvalue weighted by molar-refractivity contribution is -0.136. The van der Waals surface area contributed by atoms with Gasteiger partial charge < -0.3 is 15.7 Å². The number of carbonyl (C=O) groups is 3. The van der Waals surface area contributed by atoms with Crippen LogP contribution < -0.4 is 10.6 Å². The molecule has 1 aromatic rings.